The summed E-state index contributed by atoms with van der Waals surface area (Å²) in [5.74, 6) is 0.0440. The monoisotopic (exact) mass is 177 g/mol. The van der Waals surface area contributed by atoms with Crippen LogP contribution >= 0.6 is 0 Å². The number of rotatable bonds is 4. The van der Waals surface area contributed by atoms with Crippen LogP contribution in [0.2, 0.25) is 0 Å². The molecule has 0 aromatic heterocycles. The molecular formula is C7H15NO2S. The molecule has 0 aliphatic heterocycles. The van der Waals surface area contributed by atoms with E-state index in [1.54, 1.807) is 13.0 Å². The third kappa shape index (κ3) is 3.53. The van der Waals surface area contributed by atoms with Gasteiger partial charge in [-0.3, -0.25) is 0 Å². The molecule has 0 bridgehead atoms. The third-order valence-corrected chi connectivity index (χ3v) is 3.36. The first-order valence-corrected chi connectivity index (χ1v) is 5.13. The molecule has 2 atom stereocenters. The van der Waals surface area contributed by atoms with Gasteiger partial charge in [0.25, 0.3) is 0 Å². The van der Waals surface area contributed by atoms with Gasteiger partial charge in [0.2, 0.25) is 10.0 Å². The fraction of sp³-hybridized carbons (Fsp3) is 0.714. The molecule has 1 unspecified atom stereocenters. The molecule has 0 saturated carbocycles. The Balaban J connectivity index is 4.25. The molecule has 0 aliphatic carbocycles. The predicted molar refractivity (Wildman–Crippen MR) is 46.5 cm³/mol. The summed E-state index contributed by atoms with van der Waals surface area (Å²) in [6, 6.07) is 0. The Morgan fingerprint density at radius 3 is 2.27 bits per heavy atom. The Morgan fingerprint density at radius 1 is 1.55 bits per heavy atom. The van der Waals surface area contributed by atoms with Gasteiger partial charge in [-0.15, -0.1) is 6.58 Å². The first kappa shape index (κ1) is 10.7. The van der Waals surface area contributed by atoms with Crippen LogP contribution in [0.1, 0.15) is 20.3 Å². The van der Waals surface area contributed by atoms with E-state index in [0.717, 1.165) is 0 Å². The zero-order valence-corrected chi connectivity index (χ0v) is 7.76. The van der Waals surface area contributed by atoms with Gasteiger partial charge in [0, 0.05) is 0 Å². The average molecular weight is 177 g/mol. The van der Waals surface area contributed by atoms with Crippen LogP contribution in [0.25, 0.3) is 0 Å². The molecule has 3 nitrogen and oxygen atoms in total. The van der Waals surface area contributed by atoms with Gasteiger partial charge in [-0.25, -0.2) is 13.6 Å². The van der Waals surface area contributed by atoms with Gasteiger partial charge < -0.3 is 0 Å². The van der Waals surface area contributed by atoms with Crippen LogP contribution in [0.15, 0.2) is 12.7 Å². The van der Waals surface area contributed by atoms with Gasteiger partial charge in [-0.2, -0.15) is 0 Å². The van der Waals surface area contributed by atoms with Crippen molar-refractivity contribution in [3.05, 3.63) is 12.7 Å². The molecule has 0 saturated heterocycles. The minimum absolute atomic E-state index is 0.0440. The summed E-state index contributed by atoms with van der Waals surface area (Å²) in [7, 11) is -3.37. The predicted octanol–water partition coefficient (Wildman–Crippen LogP) is 0.876. The topological polar surface area (TPSA) is 60.2 Å². The number of primary sulfonamides is 1. The molecule has 0 amide bonds. The molecule has 0 fully saturated rings. The van der Waals surface area contributed by atoms with Crippen molar-refractivity contribution in [2.24, 2.45) is 11.1 Å². The highest BCUT2D eigenvalue weighted by atomic mass is 32.2. The average Bonchev–Trinajstić information content (AvgIpc) is 1.85. The molecule has 0 aromatic carbocycles. The van der Waals surface area contributed by atoms with Crippen LogP contribution in [-0.2, 0) is 10.0 Å². The minimum atomic E-state index is -3.37. The van der Waals surface area contributed by atoms with Crippen molar-refractivity contribution in [3.8, 4) is 0 Å². The fourth-order valence-electron chi connectivity index (χ4n) is 0.778. The van der Waals surface area contributed by atoms with Gasteiger partial charge in [0.1, 0.15) is 0 Å². The second-order valence-electron chi connectivity index (χ2n) is 2.80. The van der Waals surface area contributed by atoms with E-state index in [0.29, 0.717) is 6.42 Å². The number of hydrogen-bond acceptors (Lipinski definition) is 2. The largest absolute Gasteiger partial charge is 0.228 e. The first-order valence-electron chi connectivity index (χ1n) is 3.52. The molecule has 0 radical (unpaired) electrons. The molecule has 0 rings (SSSR count). The maximum absolute atomic E-state index is 10.8. The van der Waals surface area contributed by atoms with Gasteiger partial charge in [0.15, 0.2) is 0 Å². The van der Waals surface area contributed by atoms with E-state index in [-0.39, 0.29) is 5.92 Å². The first-order chi connectivity index (χ1) is 4.89. The van der Waals surface area contributed by atoms with Crippen LogP contribution in [0.4, 0.5) is 0 Å². The lowest BCUT2D eigenvalue weighted by atomic mass is 10.1. The van der Waals surface area contributed by atoms with Crippen LogP contribution in [0.3, 0.4) is 0 Å². The second kappa shape index (κ2) is 3.88. The van der Waals surface area contributed by atoms with E-state index >= 15 is 0 Å². The Labute approximate surface area is 68.3 Å². The Morgan fingerprint density at radius 2 is 2.00 bits per heavy atom. The minimum Gasteiger partial charge on any atom is -0.228 e. The van der Waals surface area contributed by atoms with Crippen molar-refractivity contribution in [2.45, 2.75) is 25.5 Å². The third-order valence-electron chi connectivity index (χ3n) is 1.86. The molecule has 0 aromatic rings. The highest BCUT2D eigenvalue weighted by molar-refractivity contribution is 7.89. The zero-order valence-electron chi connectivity index (χ0n) is 6.95. The summed E-state index contributed by atoms with van der Waals surface area (Å²) in [6.07, 6.45) is 2.38. The Kier molecular flexibility index (Phi) is 3.75. The summed E-state index contributed by atoms with van der Waals surface area (Å²) in [4.78, 5) is 0. The summed E-state index contributed by atoms with van der Waals surface area (Å²) in [6.45, 7) is 6.99. The lowest BCUT2D eigenvalue weighted by Gasteiger charge is -2.15. The normalized spacial score (nSPS) is 17.4. The van der Waals surface area contributed by atoms with Crippen molar-refractivity contribution in [3.63, 3.8) is 0 Å². The second-order valence-corrected chi connectivity index (χ2v) is 4.72. The van der Waals surface area contributed by atoms with Crippen molar-refractivity contribution in [2.75, 3.05) is 0 Å². The standard InChI is InChI=1S/C7H15NO2S/c1-4-5-6(2)7(3)11(8,9)10/h4,6-7H,1,5H2,2-3H3,(H2,8,9,10)/t6-,7?/m0/s1. The summed E-state index contributed by atoms with van der Waals surface area (Å²) in [5.41, 5.74) is 0. The number of nitrogens with two attached hydrogens (primary N) is 1. The van der Waals surface area contributed by atoms with E-state index in [2.05, 4.69) is 6.58 Å². The SMILES string of the molecule is C=CC[C@H](C)C(C)S(N)(=O)=O. The molecule has 0 spiro atoms. The molecular weight excluding hydrogens is 162 g/mol. The van der Waals surface area contributed by atoms with E-state index in [4.69, 9.17) is 5.14 Å². The summed E-state index contributed by atoms with van der Waals surface area (Å²) in [5, 5.41) is 4.46. The summed E-state index contributed by atoms with van der Waals surface area (Å²) < 4.78 is 21.6. The smallest absolute Gasteiger partial charge is 0.211 e. The van der Waals surface area contributed by atoms with E-state index < -0.39 is 15.3 Å². The molecule has 0 aliphatic rings. The maximum Gasteiger partial charge on any atom is 0.211 e. The van der Waals surface area contributed by atoms with Crippen molar-refractivity contribution >= 4 is 10.0 Å². The lowest BCUT2D eigenvalue weighted by Crippen LogP contribution is -2.31. The zero-order chi connectivity index (χ0) is 9.07. The highest BCUT2D eigenvalue weighted by Gasteiger charge is 2.21. The highest BCUT2D eigenvalue weighted by Crippen LogP contribution is 2.13. The lowest BCUT2D eigenvalue weighted by molar-refractivity contribution is 0.526. The van der Waals surface area contributed by atoms with Crippen molar-refractivity contribution in [1.29, 1.82) is 0 Å². The molecule has 2 N–H and O–H groups in total. The molecule has 11 heavy (non-hydrogen) atoms. The fourth-order valence-corrected chi connectivity index (χ4v) is 1.54. The van der Waals surface area contributed by atoms with Crippen molar-refractivity contribution < 1.29 is 8.42 Å². The number of hydrogen-bond donors (Lipinski definition) is 1. The molecule has 66 valence electrons. The van der Waals surface area contributed by atoms with Gasteiger partial charge in [-0.05, 0) is 19.3 Å². The quantitative estimate of drug-likeness (QED) is 0.648. The van der Waals surface area contributed by atoms with Crippen LogP contribution in [-0.4, -0.2) is 13.7 Å². The van der Waals surface area contributed by atoms with E-state index in [1.807, 2.05) is 6.92 Å². The van der Waals surface area contributed by atoms with Gasteiger partial charge in [-0.1, -0.05) is 13.0 Å². The number of sulfonamides is 1. The van der Waals surface area contributed by atoms with Gasteiger partial charge >= 0.3 is 0 Å². The van der Waals surface area contributed by atoms with E-state index in [9.17, 15) is 8.42 Å². The Bertz CT molecular complexity index is 221. The van der Waals surface area contributed by atoms with E-state index in [1.165, 1.54) is 0 Å². The molecule has 0 heterocycles. The van der Waals surface area contributed by atoms with Crippen molar-refractivity contribution in [1.82, 2.24) is 0 Å². The summed E-state index contributed by atoms with van der Waals surface area (Å²) >= 11 is 0. The number of allylic oxidation sites excluding steroid dienone is 1. The van der Waals surface area contributed by atoms with Crippen LogP contribution in [0.5, 0.6) is 0 Å². The van der Waals surface area contributed by atoms with Crippen LogP contribution < -0.4 is 5.14 Å². The van der Waals surface area contributed by atoms with Gasteiger partial charge in [0.05, 0.1) is 5.25 Å². The molecule has 4 heteroatoms. The Hall–Kier alpha value is -0.350. The maximum atomic E-state index is 10.8. The van der Waals surface area contributed by atoms with Crippen LogP contribution in [0, 0.1) is 5.92 Å².